The first kappa shape index (κ1) is 27.6. The molecule has 1 aliphatic rings. The summed E-state index contributed by atoms with van der Waals surface area (Å²) in [6.45, 7) is 23.4. The lowest BCUT2D eigenvalue weighted by atomic mass is 9.74. The molecular formula is C26H50O4. The fraction of sp³-hybridized carbons (Fsp3) is 0.923. The van der Waals surface area contributed by atoms with E-state index in [0.717, 1.165) is 38.9 Å². The van der Waals surface area contributed by atoms with Crippen LogP contribution in [0, 0.1) is 11.8 Å². The molecule has 1 aliphatic heterocycles. The second-order valence-electron chi connectivity index (χ2n) is 11.1. The van der Waals surface area contributed by atoms with E-state index in [9.17, 15) is 5.11 Å². The molecule has 0 aliphatic carbocycles. The Hall–Kier alpha value is -0.420. The van der Waals surface area contributed by atoms with Gasteiger partial charge in [-0.05, 0) is 86.6 Å². The number of allylic oxidation sites excluding steroid dienone is 1. The Morgan fingerprint density at radius 3 is 2.20 bits per heavy atom. The van der Waals surface area contributed by atoms with Gasteiger partial charge in [-0.3, -0.25) is 0 Å². The van der Waals surface area contributed by atoms with E-state index in [1.807, 2.05) is 13.8 Å². The van der Waals surface area contributed by atoms with E-state index in [0.29, 0.717) is 18.9 Å². The van der Waals surface area contributed by atoms with Crippen LogP contribution in [0.4, 0.5) is 0 Å². The third kappa shape index (κ3) is 8.61. The average molecular weight is 427 g/mol. The molecule has 1 fully saturated rings. The molecule has 1 rings (SSSR count). The second-order valence-corrected chi connectivity index (χ2v) is 11.1. The summed E-state index contributed by atoms with van der Waals surface area (Å²) >= 11 is 0. The van der Waals surface area contributed by atoms with Gasteiger partial charge in [-0.1, -0.05) is 25.8 Å². The minimum Gasteiger partial charge on any atom is -0.390 e. The predicted octanol–water partition coefficient (Wildman–Crippen LogP) is 6.31. The smallest absolute Gasteiger partial charge is 0.0847 e. The van der Waals surface area contributed by atoms with Crippen LogP contribution in [0.1, 0.15) is 101 Å². The third-order valence-electron chi connectivity index (χ3n) is 6.44. The van der Waals surface area contributed by atoms with Crippen LogP contribution in [-0.4, -0.2) is 47.8 Å². The zero-order valence-electron chi connectivity index (χ0n) is 21.6. The van der Waals surface area contributed by atoms with Crippen molar-refractivity contribution in [3.05, 3.63) is 11.1 Å². The predicted molar refractivity (Wildman–Crippen MR) is 126 cm³/mol. The van der Waals surface area contributed by atoms with Crippen LogP contribution < -0.4 is 0 Å². The topological polar surface area (TPSA) is 47.9 Å². The van der Waals surface area contributed by atoms with Crippen molar-refractivity contribution in [3.63, 3.8) is 0 Å². The summed E-state index contributed by atoms with van der Waals surface area (Å²) in [5, 5.41) is 10.1. The van der Waals surface area contributed by atoms with Crippen LogP contribution in [0.3, 0.4) is 0 Å². The summed E-state index contributed by atoms with van der Waals surface area (Å²) in [7, 11) is 0. The normalized spacial score (nSPS) is 21.9. The van der Waals surface area contributed by atoms with Crippen molar-refractivity contribution in [1.82, 2.24) is 0 Å². The van der Waals surface area contributed by atoms with Crippen LogP contribution >= 0.6 is 0 Å². The highest BCUT2D eigenvalue weighted by molar-refractivity contribution is 5.24. The summed E-state index contributed by atoms with van der Waals surface area (Å²) < 4.78 is 19.2. The van der Waals surface area contributed by atoms with Crippen LogP contribution in [0.25, 0.3) is 0 Å². The molecular weight excluding hydrogens is 376 g/mol. The highest BCUT2D eigenvalue weighted by atomic mass is 16.5. The Bertz CT molecular complexity index is 538. The van der Waals surface area contributed by atoms with E-state index >= 15 is 0 Å². The van der Waals surface area contributed by atoms with Gasteiger partial charge in [0.25, 0.3) is 0 Å². The van der Waals surface area contributed by atoms with Crippen LogP contribution in [-0.2, 0) is 14.2 Å². The zero-order valence-corrected chi connectivity index (χ0v) is 21.6. The number of hydrogen-bond donors (Lipinski definition) is 1. The van der Waals surface area contributed by atoms with E-state index < -0.39 is 11.2 Å². The molecule has 0 radical (unpaired) electrons. The first-order valence-corrected chi connectivity index (χ1v) is 12.0. The lowest BCUT2D eigenvalue weighted by molar-refractivity contribution is -0.134. The van der Waals surface area contributed by atoms with Gasteiger partial charge in [0.05, 0.1) is 36.1 Å². The van der Waals surface area contributed by atoms with Crippen LogP contribution in [0.2, 0.25) is 0 Å². The minimum atomic E-state index is -0.726. The number of ether oxygens (including phenoxy) is 3. The Morgan fingerprint density at radius 2 is 1.70 bits per heavy atom. The summed E-state index contributed by atoms with van der Waals surface area (Å²) in [5.74, 6) is 0.649. The Kier molecular flexibility index (Phi) is 10.5. The first-order valence-electron chi connectivity index (χ1n) is 12.0. The summed E-state index contributed by atoms with van der Waals surface area (Å²) in [6, 6.07) is 0. The molecule has 3 unspecified atom stereocenters. The first-order chi connectivity index (χ1) is 13.7. The molecule has 4 nitrogen and oxygen atoms in total. The zero-order chi connectivity index (χ0) is 23.2. The van der Waals surface area contributed by atoms with Gasteiger partial charge in [0.1, 0.15) is 0 Å². The summed E-state index contributed by atoms with van der Waals surface area (Å²) in [5.41, 5.74) is 1.44. The Labute approximate surface area is 186 Å². The maximum absolute atomic E-state index is 10.1. The highest BCUT2D eigenvalue weighted by Gasteiger charge is 2.46. The quantitative estimate of drug-likeness (QED) is 0.277. The summed E-state index contributed by atoms with van der Waals surface area (Å²) in [6.07, 6.45) is 4.83. The van der Waals surface area contributed by atoms with Gasteiger partial charge >= 0.3 is 0 Å². The maximum Gasteiger partial charge on any atom is 0.0847 e. The molecule has 1 saturated heterocycles. The average Bonchev–Trinajstić information content (AvgIpc) is 3.02. The second kappa shape index (κ2) is 11.4. The van der Waals surface area contributed by atoms with Gasteiger partial charge in [-0.2, -0.15) is 0 Å². The van der Waals surface area contributed by atoms with Crippen molar-refractivity contribution in [2.24, 2.45) is 11.8 Å². The third-order valence-corrected chi connectivity index (χ3v) is 6.44. The molecule has 0 saturated carbocycles. The van der Waals surface area contributed by atoms with E-state index in [1.54, 1.807) is 0 Å². The van der Waals surface area contributed by atoms with Crippen molar-refractivity contribution in [1.29, 1.82) is 0 Å². The number of aliphatic hydroxyl groups is 1. The molecule has 1 heterocycles. The largest absolute Gasteiger partial charge is 0.390 e. The van der Waals surface area contributed by atoms with Crippen molar-refractivity contribution >= 4 is 0 Å². The molecule has 0 amide bonds. The molecule has 3 atom stereocenters. The monoisotopic (exact) mass is 426 g/mol. The van der Waals surface area contributed by atoms with E-state index in [-0.39, 0.29) is 17.6 Å². The molecule has 0 bridgehead atoms. The van der Waals surface area contributed by atoms with Crippen LogP contribution in [0.15, 0.2) is 11.1 Å². The molecule has 178 valence electrons. The number of rotatable bonds is 13. The van der Waals surface area contributed by atoms with Crippen molar-refractivity contribution in [2.75, 3.05) is 19.8 Å². The van der Waals surface area contributed by atoms with Crippen LogP contribution in [0.5, 0.6) is 0 Å². The Balaban J connectivity index is 3.14. The van der Waals surface area contributed by atoms with Gasteiger partial charge in [0.15, 0.2) is 0 Å². The Morgan fingerprint density at radius 1 is 1.07 bits per heavy atom. The highest BCUT2D eigenvalue weighted by Crippen LogP contribution is 2.43. The molecule has 0 spiro atoms. The standard InChI is InChI=1S/C26H50O4/c1-11-13-15-29-25(7,8)17-21(26(9,10)30-16-14-24(5,6)27)23-22(19(3)4)20(12-2)18-28-23/h20-21,23,27H,11-18H2,1-10H3. The van der Waals surface area contributed by atoms with Gasteiger partial charge < -0.3 is 19.3 Å². The molecule has 4 heteroatoms. The molecule has 0 aromatic rings. The van der Waals surface area contributed by atoms with Gasteiger partial charge in [-0.15, -0.1) is 0 Å². The van der Waals surface area contributed by atoms with Crippen molar-refractivity contribution in [2.45, 2.75) is 124 Å². The van der Waals surface area contributed by atoms with E-state index in [4.69, 9.17) is 14.2 Å². The van der Waals surface area contributed by atoms with Crippen molar-refractivity contribution in [3.8, 4) is 0 Å². The maximum atomic E-state index is 10.1. The number of hydrogen-bond acceptors (Lipinski definition) is 4. The van der Waals surface area contributed by atoms with Gasteiger partial charge in [-0.25, -0.2) is 0 Å². The van der Waals surface area contributed by atoms with Crippen molar-refractivity contribution < 1.29 is 19.3 Å². The molecule has 0 aromatic carbocycles. The van der Waals surface area contributed by atoms with E-state index in [2.05, 4.69) is 55.4 Å². The van der Waals surface area contributed by atoms with Gasteiger partial charge in [0, 0.05) is 18.4 Å². The minimum absolute atomic E-state index is 0.0473. The SMILES string of the molecule is CCCCOC(C)(C)CC(C1OCC(CC)C1=C(C)C)C(C)(C)OCCC(C)(C)O. The molecule has 1 N–H and O–H groups in total. The number of unbranched alkanes of at least 4 members (excludes halogenated alkanes) is 1. The summed E-state index contributed by atoms with van der Waals surface area (Å²) in [4.78, 5) is 0. The lowest BCUT2D eigenvalue weighted by Gasteiger charge is -2.43. The lowest BCUT2D eigenvalue weighted by Crippen LogP contribution is -2.47. The van der Waals surface area contributed by atoms with E-state index in [1.165, 1.54) is 11.1 Å². The van der Waals surface area contributed by atoms with Gasteiger partial charge in [0.2, 0.25) is 0 Å². The molecule has 30 heavy (non-hydrogen) atoms. The molecule has 0 aromatic heterocycles. The fourth-order valence-electron chi connectivity index (χ4n) is 4.46. The fourth-order valence-corrected chi connectivity index (χ4v) is 4.46.